The first-order chi connectivity index (χ1) is 10.5. The largest absolute Gasteiger partial charge is 0.339 e. The Morgan fingerprint density at radius 2 is 1.91 bits per heavy atom. The number of hydrogen-bond acceptors (Lipinski definition) is 3. The Morgan fingerprint density at radius 3 is 2.50 bits per heavy atom. The van der Waals surface area contributed by atoms with E-state index in [2.05, 4.69) is 4.98 Å². The van der Waals surface area contributed by atoms with Crippen molar-refractivity contribution >= 4 is 11.9 Å². The molecule has 0 saturated heterocycles. The highest BCUT2D eigenvalue weighted by Gasteiger charge is 2.26. The van der Waals surface area contributed by atoms with Crippen molar-refractivity contribution in [2.75, 3.05) is 33.7 Å². The van der Waals surface area contributed by atoms with Crippen molar-refractivity contribution in [1.29, 1.82) is 0 Å². The fraction of sp³-hybridized carbons (Fsp3) is 0.562. The summed E-state index contributed by atoms with van der Waals surface area (Å²) in [5.41, 5.74) is 2.69. The molecule has 0 spiro atoms. The molecule has 3 amide bonds. The van der Waals surface area contributed by atoms with E-state index in [0.717, 1.165) is 11.1 Å². The number of hydrogen-bond donors (Lipinski definition) is 0. The predicted molar refractivity (Wildman–Crippen MR) is 84.7 cm³/mol. The number of fused-ring (bicyclic) bond motifs is 1. The summed E-state index contributed by atoms with van der Waals surface area (Å²) in [6.07, 6.45) is 4.12. The maximum absolute atomic E-state index is 12.6. The van der Waals surface area contributed by atoms with Crippen molar-refractivity contribution in [2.45, 2.75) is 26.8 Å². The summed E-state index contributed by atoms with van der Waals surface area (Å²) in [4.78, 5) is 34.1. The van der Waals surface area contributed by atoms with Gasteiger partial charge in [0.15, 0.2) is 0 Å². The Kier molecular flexibility index (Phi) is 5.00. The van der Waals surface area contributed by atoms with E-state index in [1.54, 1.807) is 41.2 Å². The number of rotatable bonds is 3. The van der Waals surface area contributed by atoms with Gasteiger partial charge in [0, 0.05) is 52.7 Å². The number of carbonyl (C=O) groups is 2. The first-order valence-corrected chi connectivity index (χ1v) is 7.70. The van der Waals surface area contributed by atoms with E-state index in [1.807, 2.05) is 13.8 Å². The summed E-state index contributed by atoms with van der Waals surface area (Å²) in [6.45, 7) is 6.46. The summed E-state index contributed by atoms with van der Waals surface area (Å²) in [7, 11) is 3.49. The quantitative estimate of drug-likeness (QED) is 0.852. The lowest BCUT2D eigenvalue weighted by atomic mass is 9.96. The van der Waals surface area contributed by atoms with Gasteiger partial charge in [-0.3, -0.25) is 9.78 Å². The van der Waals surface area contributed by atoms with Gasteiger partial charge in [-0.2, -0.15) is 0 Å². The Bertz CT molecular complexity index is 567. The number of nitrogens with zero attached hydrogens (tertiary/aromatic N) is 4. The average Bonchev–Trinajstić information content (AvgIpc) is 2.53. The highest BCUT2D eigenvalue weighted by atomic mass is 16.2. The van der Waals surface area contributed by atoms with E-state index < -0.39 is 0 Å². The van der Waals surface area contributed by atoms with Gasteiger partial charge in [0.05, 0.1) is 5.56 Å². The van der Waals surface area contributed by atoms with Crippen molar-refractivity contribution < 1.29 is 9.59 Å². The maximum atomic E-state index is 12.6. The molecule has 1 aliphatic rings. The van der Waals surface area contributed by atoms with Crippen LogP contribution in [-0.4, -0.2) is 65.4 Å². The summed E-state index contributed by atoms with van der Waals surface area (Å²) < 4.78 is 0. The molecule has 0 N–H and O–H groups in total. The van der Waals surface area contributed by atoms with Gasteiger partial charge in [-0.15, -0.1) is 0 Å². The van der Waals surface area contributed by atoms with Crippen LogP contribution in [0.2, 0.25) is 0 Å². The summed E-state index contributed by atoms with van der Waals surface area (Å²) >= 11 is 0. The van der Waals surface area contributed by atoms with E-state index in [9.17, 15) is 9.59 Å². The van der Waals surface area contributed by atoms with Crippen molar-refractivity contribution in [3.8, 4) is 0 Å². The molecule has 2 heterocycles. The molecular weight excluding hydrogens is 280 g/mol. The van der Waals surface area contributed by atoms with Crippen LogP contribution < -0.4 is 0 Å². The SMILES string of the molecule is CCN(CC)C(=O)c1cncc2c1CCN(C(=O)N(C)C)C2. The Morgan fingerprint density at radius 1 is 1.23 bits per heavy atom. The van der Waals surface area contributed by atoms with Gasteiger partial charge in [-0.1, -0.05) is 0 Å². The number of amides is 3. The molecule has 1 aliphatic heterocycles. The normalized spacial score (nSPS) is 13.5. The molecular formula is C16H24N4O2. The molecule has 6 heteroatoms. The third-order valence-electron chi connectivity index (χ3n) is 4.07. The molecule has 120 valence electrons. The molecule has 22 heavy (non-hydrogen) atoms. The number of aromatic nitrogens is 1. The Labute approximate surface area is 131 Å². The Hall–Kier alpha value is -2.11. The van der Waals surface area contributed by atoms with E-state index in [0.29, 0.717) is 38.2 Å². The second kappa shape index (κ2) is 6.77. The summed E-state index contributed by atoms with van der Waals surface area (Å²) in [6, 6.07) is -0.00822. The van der Waals surface area contributed by atoms with Crippen LogP contribution in [0.1, 0.15) is 35.3 Å². The molecule has 0 radical (unpaired) electrons. The van der Waals surface area contributed by atoms with Gasteiger partial charge < -0.3 is 14.7 Å². The maximum Gasteiger partial charge on any atom is 0.319 e. The molecule has 0 atom stereocenters. The van der Waals surface area contributed by atoms with Gasteiger partial charge in [0.1, 0.15) is 0 Å². The highest BCUT2D eigenvalue weighted by molar-refractivity contribution is 5.95. The smallest absolute Gasteiger partial charge is 0.319 e. The van der Waals surface area contributed by atoms with Crippen molar-refractivity contribution in [3.63, 3.8) is 0 Å². The van der Waals surface area contributed by atoms with E-state index in [-0.39, 0.29) is 11.9 Å². The molecule has 6 nitrogen and oxygen atoms in total. The minimum Gasteiger partial charge on any atom is -0.339 e. The summed E-state index contributed by atoms with van der Waals surface area (Å²) in [5, 5.41) is 0. The third-order valence-corrected chi connectivity index (χ3v) is 4.07. The van der Waals surface area contributed by atoms with E-state index >= 15 is 0 Å². The van der Waals surface area contributed by atoms with Crippen LogP contribution in [0.25, 0.3) is 0 Å². The lowest BCUT2D eigenvalue weighted by Crippen LogP contribution is -2.42. The fourth-order valence-corrected chi connectivity index (χ4v) is 2.81. The van der Waals surface area contributed by atoms with Gasteiger partial charge in [-0.25, -0.2) is 4.79 Å². The van der Waals surface area contributed by atoms with Gasteiger partial charge in [-0.05, 0) is 31.4 Å². The van der Waals surface area contributed by atoms with Crippen LogP contribution in [0.15, 0.2) is 12.4 Å². The van der Waals surface area contributed by atoms with Crippen LogP contribution >= 0.6 is 0 Å². The number of pyridine rings is 1. The van der Waals surface area contributed by atoms with E-state index in [1.165, 1.54) is 0 Å². The molecule has 1 aromatic rings. The summed E-state index contributed by atoms with van der Waals surface area (Å²) in [5.74, 6) is 0.0294. The van der Waals surface area contributed by atoms with Crippen LogP contribution in [0.4, 0.5) is 4.79 Å². The second-order valence-electron chi connectivity index (χ2n) is 5.65. The second-order valence-corrected chi connectivity index (χ2v) is 5.65. The fourth-order valence-electron chi connectivity index (χ4n) is 2.81. The minimum absolute atomic E-state index is 0.00822. The molecule has 1 aromatic heterocycles. The molecule has 0 saturated carbocycles. The minimum atomic E-state index is -0.00822. The molecule has 0 unspecified atom stereocenters. The Balaban J connectivity index is 2.28. The highest BCUT2D eigenvalue weighted by Crippen LogP contribution is 2.23. The van der Waals surface area contributed by atoms with Crippen molar-refractivity contribution in [3.05, 3.63) is 29.1 Å². The van der Waals surface area contributed by atoms with Crippen LogP contribution in [0.5, 0.6) is 0 Å². The zero-order valence-corrected chi connectivity index (χ0v) is 13.8. The lowest BCUT2D eigenvalue weighted by molar-refractivity contribution is 0.0770. The average molecular weight is 304 g/mol. The topological polar surface area (TPSA) is 56.8 Å². The molecule has 0 aliphatic carbocycles. The van der Waals surface area contributed by atoms with Crippen LogP contribution in [-0.2, 0) is 13.0 Å². The van der Waals surface area contributed by atoms with E-state index in [4.69, 9.17) is 0 Å². The number of carbonyl (C=O) groups excluding carboxylic acids is 2. The molecule has 0 aromatic carbocycles. The van der Waals surface area contributed by atoms with Gasteiger partial charge in [0.2, 0.25) is 0 Å². The third kappa shape index (κ3) is 3.05. The number of urea groups is 1. The van der Waals surface area contributed by atoms with Gasteiger partial charge >= 0.3 is 6.03 Å². The van der Waals surface area contributed by atoms with Crippen LogP contribution in [0, 0.1) is 0 Å². The van der Waals surface area contributed by atoms with Crippen molar-refractivity contribution in [1.82, 2.24) is 19.7 Å². The van der Waals surface area contributed by atoms with Crippen molar-refractivity contribution in [2.24, 2.45) is 0 Å². The first-order valence-electron chi connectivity index (χ1n) is 7.70. The lowest BCUT2D eigenvalue weighted by Gasteiger charge is -2.32. The zero-order valence-electron chi connectivity index (χ0n) is 13.8. The zero-order chi connectivity index (χ0) is 16.3. The predicted octanol–water partition coefficient (Wildman–Crippen LogP) is 1.60. The van der Waals surface area contributed by atoms with Gasteiger partial charge in [0.25, 0.3) is 5.91 Å². The molecule has 0 fully saturated rings. The monoisotopic (exact) mass is 304 g/mol. The molecule has 0 bridgehead atoms. The molecule has 2 rings (SSSR count). The van der Waals surface area contributed by atoms with Crippen LogP contribution in [0.3, 0.4) is 0 Å². The first kappa shape index (κ1) is 16.3. The standard InChI is InChI=1S/C16H24N4O2/c1-5-19(6-2)15(21)14-10-17-9-12-11-20(8-7-13(12)14)16(22)18(3)4/h9-10H,5-8,11H2,1-4H3.